The average Bonchev–Trinajstić information content (AvgIpc) is 3.16. The lowest BCUT2D eigenvalue weighted by Crippen LogP contribution is -2.48. The third-order valence-corrected chi connectivity index (χ3v) is 6.12. The molecule has 1 aliphatic rings. The van der Waals surface area contributed by atoms with Crippen molar-refractivity contribution in [3.63, 3.8) is 0 Å². The molecule has 9 nitrogen and oxygen atoms in total. The van der Waals surface area contributed by atoms with E-state index in [1.54, 1.807) is 23.6 Å². The number of anilines is 2. The summed E-state index contributed by atoms with van der Waals surface area (Å²) < 4.78 is 1.79. The number of hydrogen-bond acceptors (Lipinski definition) is 7. The zero-order valence-electron chi connectivity index (χ0n) is 19.4. The number of piperazine rings is 1. The summed E-state index contributed by atoms with van der Waals surface area (Å²) in [5.74, 6) is 1.34. The molecule has 3 heterocycles. The van der Waals surface area contributed by atoms with Gasteiger partial charge in [0.05, 0.1) is 17.0 Å². The van der Waals surface area contributed by atoms with Crippen LogP contribution in [0.2, 0.25) is 0 Å². The molecule has 172 valence electrons. The van der Waals surface area contributed by atoms with Gasteiger partial charge in [-0.1, -0.05) is 12.1 Å². The molecule has 2 N–H and O–H groups in total. The van der Waals surface area contributed by atoms with Crippen LogP contribution in [0.5, 0.6) is 5.88 Å². The minimum Gasteiger partial charge on any atom is -0.493 e. The Balaban J connectivity index is 1.71. The van der Waals surface area contributed by atoms with E-state index in [1.165, 1.54) is 0 Å². The van der Waals surface area contributed by atoms with Crippen molar-refractivity contribution in [3.05, 3.63) is 41.6 Å². The average molecular weight is 448 g/mol. The number of benzene rings is 1. The van der Waals surface area contributed by atoms with E-state index in [9.17, 15) is 9.90 Å². The highest BCUT2D eigenvalue weighted by Gasteiger charge is 2.24. The molecule has 2 aromatic heterocycles. The summed E-state index contributed by atoms with van der Waals surface area (Å²) >= 11 is 0. The van der Waals surface area contributed by atoms with Crippen molar-refractivity contribution in [2.75, 3.05) is 36.4 Å². The van der Waals surface area contributed by atoms with Crippen molar-refractivity contribution in [1.29, 1.82) is 5.26 Å². The topological polar surface area (TPSA) is 110 Å². The highest BCUT2D eigenvalue weighted by molar-refractivity contribution is 5.94. The van der Waals surface area contributed by atoms with Crippen LogP contribution in [-0.2, 0) is 4.79 Å². The molecule has 1 fully saturated rings. The summed E-state index contributed by atoms with van der Waals surface area (Å²) in [6.07, 6.45) is 1.88. The van der Waals surface area contributed by atoms with Gasteiger partial charge in [0.25, 0.3) is 0 Å². The van der Waals surface area contributed by atoms with Crippen LogP contribution in [-0.4, -0.2) is 56.6 Å². The lowest BCUT2D eigenvalue weighted by Gasteiger charge is -2.34. The van der Waals surface area contributed by atoms with Crippen LogP contribution < -0.4 is 10.2 Å². The molecule has 1 amide bonds. The van der Waals surface area contributed by atoms with Crippen molar-refractivity contribution in [1.82, 2.24) is 19.4 Å². The smallest absolute Gasteiger partial charge is 0.228 e. The van der Waals surface area contributed by atoms with Gasteiger partial charge in [-0.05, 0) is 38.5 Å². The Morgan fingerprint density at radius 2 is 1.79 bits per heavy atom. The van der Waals surface area contributed by atoms with Gasteiger partial charge in [0.2, 0.25) is 17.7 Å². The fourth-order valence-corrected chi connectivity index (χ4v) is 4.07. The molecule has 33 heavy (non-hydrogen) atoms. The number of fused-ring (bicyclic) bond motifs is 1. The van der Waals surface area contributed by atoms with Gasteiger partial charge in [0.15, 0.2) is 0 Å². The maximum absolute atomic E-state index is 11.7. The molecule has 0 aliphatic carbocycles. The van der Waals surface area contributed by atoms with E-state index in [-0.39, 0.29) is 23.9 Å². The molecule has 0 bridgehead atoms. The molecule has 4 rings (SSSR count). The predicted octanol–water partition coefficient (Wildman–Crippen LogP) is 3.43. The molecule has 0 radical (unpaired) electrons. The number of aromatic hydroxyl groups is 1. The number of rotatable bonds is 5. The maximum Gasteiger partial charge on any atom is 0.228 e. The van der Waals surface area contributed by atoms with E-state index in [0.717, 1.165) is 10.9 Å². The fraction of sp³-hybridized carbons (Fsp3) is 0.417. The van der Waals surface area contributed by atoms with Gasteiger partial charge in [-0.25, -0.2) is 4.98 Å². The SMILES string of the molecule is CC(=O)N1CCN(c2nc(N[C@H](C)c3ccc(C#N)cc3)c3cn(C(C)C)c(O)c3n2)CC1. The van der Waals surface area contributed by atoms with E-state index in [2.05, 4.69) is 11.4 Å². The molecule has 1 aliphatic heterocycles. The minimum absolute atomic E-state index is 0.0607. The third kappa shape index (κ3) is 4.42. The van der Waals surface area contributed by atoms with Crippen LogP contribution >= 0.6 is 0 Å². The lowest BCUT2D eigenvalue weighted by atomic mass is 10.1. The number of nitrogens with zero attached hydrogens (tertiary/aromatic N) is 6. The second-order valence-electron chi connectivity index (χ2n) is 8.68. The first kappa shape index (κ1) is 22.4. The fourth-order valence-electron chi connectivity index (χ4n) is 4.07. The van der Waals surface area contributed by atoms with Gasteiger partial charge in [-0.15, -0.1) is 0 Å². The standard InChI is InChI=1S/C24H29N7O2/c1-15(2)31-14-20-21(23(31)33)27-24(30-11-9-29(10-12-30)17(4)32)28-22(20)26-16(3)19-7-5-18(13-25)6-8-19/h5-8,14-16,33H,9-12H2,1-4H3,(H,26,27,28)/t16-/m1/s1. The summed E-state index contributed by atoms with van der Waals surface area (Å²) in [6, 6.07) is 9.56. The monoisotopic (exact) mass is 447 g/mol. The Morgan fingerprint density at radius 3 is 2.36 bits per heavy atom. The highest BCUT2D eigenvalue weighted by atomic mass is 16.3. The molecule has 0 spiro atoms. The van der Waals surface area contributed by atoms with Crippen LogP contribution in [0, 0.1) is 11.3 Å². The van der Waals surface area contributed by atoms with Gasteiger partial charge in [-0.2, -0.15) is 10.2 Å². The van der Waals surface area contributed by atoms with Crippen LogP contribution in [0.1, 0.15) is 50.9 Å². The van der Waals surface area contributed by atoms with Gasteiger partial charge in [0.1, 0.15) is 11.3 Å². The lowest BCUT2D eigenvalue weighted by molar-refractivity contribution is -0.129. The van der Waals surface area contributed by atoms with E-state index in [0.29, 0.717) is 49.0 Å². The van der Waals surface area contributed by atoms with Gasteiger partial charge in [-0.3, -0.25) is 4.79 Å². The second-order valence-corrected chi connectivity index (χ2v) is 8.68. The maximum atomic E-state index is 11.7. The molecular formula is C24H29N7O2. The molecule has 1 saturated heterocycles. The quantitative estimate of drug-likeness (QED) is 0.616. The number of amides is 1. The Bertz CT molecular complexity index is 1200. The molecule has 1 atom stereocenters. The number of nitriles is 1. The summed E-state index contributed by atoms with van der Waals surface area (Å²) in [7, 11) is 0. The van der Waals surface area contributed by atoms with Crippen LogP contribution in [0.4, 0.5) is 11.8 Å². The van der Waals surface area contributed by atoms with Crippen molar-refractivity contribution < 1.29 is 9.90 Å². The van der Waals surface area contributed by atoms with Crippen molar-refractivity contribution in [2.24, 2.45) is 0 Å². The first-order valence-corrected chi connectivity index (χ1v) is 11.2. The zero-order valence-corrected chi connectivity index (χ0v) is 19.4. The summed E-state index contributed by atoms with van der Waals surface area (Å²) in [5.41, 5.74) is 2.13. The highest BCUT2D eigenvalue weighted by Crippen LogP contribution is 2.35. The van der Waals surface area contributed by atoms with Crippen molar-refractivity contribution >= 4 is 28.6 Å². The number of nitrogens with one attached hydrogen (secondary N) is 1. The summed E-state index contributed by atoms with van der Waals surface area (Å²) in [6.45, 7) is 10.1. The van der Waals surface area contributed by atoms with Gasteiger partial charge in [0, 0.05) is 51.4 Å². The van der Waals surface area contributed by atoms with E-state index >= 15 is 0 Å². The molecule has 9 heteroatoms. The first-order valence-electron chi connectivity index (χ1n) is 11.2. The van der Waals surface area contributed by atoms with Crippen LogP contribution in [0.25, 0.3) is 10.9 Å². The number of aromatic nitrogens is 3. The Kier molecular flexibility index (Phi) is 6.09. The summed E-state index contributed by atoms with van der Waals surface area (Å²) in [5, 5.41) is 24.2. The molecule has 1 aromatic carbocycles. The molecular weight excluding hydrogens is 418 g/mol. The van der Waals surface area contributed by atoms with Gasteiger partial charge < -0.3 is 24.8 Å². The number of hydrogen-bond donors (Lipinski definition) is 2. The Morgan fingerprint density at radius 1 is 1.12 bits per heavy atom. The summed E-state index contributed by atoms with van der Waals surface area (Å²) in [4.78, 5) is 25.1. The predicted molar refractivity (Wildman–Crippen MR) is 127 cm³/mol. The molecule has 0 saturated carbocycles. The zero-order chi connectivity index (χ0) is 23.7. The normalized spacial score (nSPS) is 15.0. The Hall–Kier alpha value is -3.80. The van der Waals surface area contributed by atoms with Crippen LogP contribution in [0.15, 0.2) is 30.5 Å². The third-order valence-electron chi connectivity index (χ3n) is 6.12. The molecule has 3 aromatic rings. The first-order chi connectivity index (χ1) is 15.8. The minimum atomic E-state index is -0.0807. The van der Waals surface area contributed by atoms with Crippen molar-refractivity contribution in [2.45, 2.75) is 39.8 Å². The second kappa shape index (κ2) is 8.98. The van der Waals surface area contributed by atoms with E-state index in [4.69, 9.17) is 15.2 Å². The number of carbonyl (C=O) groups is 1. The van der Waals surface area contributed by atoms with Gasteiger partial charge >= 0.3 is 0 Å². The molecule has 0 unspecified atom stereocenters. The number of carbonyl (C=O) groups excluding carboxylic acids is 1. The van der Waals surface area contributed by atoms with E-state index < -0.39 is 0 Å². The van der Waals surface area contributed by atoms with E-state index in [1.807, 2.05) is 48.9 Å². The Labute approximate surface area is 193 Å². The van der Waals surface area contributed by atoms with Crippen LogP contribution in [0.3, 0.4) is 0 Å². The van der Waals surface area contributed by atoms with Crippen molar-refractivity contribution in [3.8, 4) is 11.9 Å². The largest absolute Gasteiger partial charge is 0.493 e.